The van der Waals surface area contributed by atoms with Gasteiger partial charge in [0, 0.05) is 0 Å². The Morgan fingerprint density at radius 1 is 1.50 bits per heavy atom. The molecule has 1 aromatic heterocycles. The molecule has 1 N–H and O–H groups in total. The second-order valence-electron chi connectivity index (χ2n) is 2.68. The molecule has 0 atom stereocenters. The molecule has 0 aromatic carbocycles. The highest BCUT2D eigenvalue weighted by molar-refractivity contribution is 5.35. The number of hydrogen-bond donors (Lipinski definition) is 1. The molecule has 1 aromatic rings. The first-order valence-electron chi connectivity index (χ1n) is 4.24. The molecule has 0 saturated carbocycles. The van der Waals surface area contributed by atoms with E-state index in [4.69, 9.17) is 0 Å². The Morgan fingerprint density at radius 3 is 2.79 bits per heavy atom. The van der Waals surface area contributed by atoms with E-state index in [1.165, 1.54) is 0 Å². The lowest BCUT2D eigenvalue weighted by atomic mass is 10.3. The Labute approximate surface area is 79.9 Å². The molecule has 0 aliphatic carbocycles. The van der Waals surface area contributed by atoms with E-state index in [1.807, 2.05) is 18.0 Å². The van der Waals surface area contributed by atoms with E-state index in [0.717, 1.165) is 6.42 Å². The number of nitrogens with one attached hydrogen (secondary N) is 1. The maximum Gasteiger partial charge on any atom is 0.419 e. The van der Waals surface area contributed by atoms with Crippen molar-refractivity contribution in [2.75, 3.05) is 0 Å². The summed E-state index contributed by atoms with van der Waals surface area (Å²) in [6, 6.07) is 0. The molecule has 0 fully saturated rings. The fraction of sp³-hybridized carbons (Fsp3) is 0.200. The van der Waals surface area contributed by atoms with Crippen LogP contribution < -0.4 is 21.9 Å². The Morgan fingerprint density at radius 2 is 2.21 bits per heavy atom. The molecule has 4 heteroatoms. The number of rotatable bonds is 2. The van der Waals surface area contributed by atoms with Crippen LogP contribution in [0.15, 0.2) is 26.2 Å². The third-order valence-corrected chi connectivity index (χ3v) is 1.61. The van der Waals surface area contributed by atoms with E-state index < -0.39 is 11.3 Å². The van der Waals surface area contributed by atoms with E-state index in [-0.39, 0.29) is 10.6 Å². The summed E-state index contributed by atoms with van der Waals surface area (Å²) in [6.07, 6.45) is 6.04. The molecule has 0 saturated heterocycles. The van der Waals surface area contributed by atoms with Crippen LogP contribution in [0.2, 0.25) is 0 Å². The molecule has 0 unspecified atom stereocenters. The first kappa shape index (κ1) is 10.2. The maximum atomic E-state index is 11.2. The fourth-order valence-electron chi connectivity index (χ4n) is 0.948. The average molecular weight is 193 g/mol. The van der Waals surface area contributed by atoms with Crippen molar-refractivity contribution in [2.45, 2.75) is 13.3 Å². The first-order valence-corrected chi connectivity index (χ1v) is 4.24. The van der Waals surface area contributed by atoms with Gasteiger partial charge in [-0.05, 0) is 12.5 Å². The van der Waals surface area contributed by atoms with Crippen molar-refractivity contribution < 1.29 is 4.42 Å². The zero-order valence-electron chi connectivity index (χ0n) is 7.87. The van der Waals surface area contributed by atoms with Crippen LogP contribution in [0, 0.1) is 0 Å². The topological polar surface area (TPSA) is 63.1 Å². The zero-order valence-corrected chi connectivity index (χ0v) is 7.87. The van der Waals surface area contributed by atoms with Gasteiger partial charge in [-0.25, -0.2) is 4.79 Å². The minimum Gasteiger partial charge on any atom is -0.410 e. The van der Waals surface area contributed by atoms with Crippen LogP contribution in [-0.2, 0) is 0 Å². The largest absolute Gasteiger partial charge is 0.419 e. The van der Waals surface area contributed by atoms with Crippen LogP contribution >= 0.6 is 0 Å². The normalized spacial score (nSPS) is 12.5. The van der Waals surface area contributed by atoms with Gasteiger partial charge in [0.2, 0.25) is 0 Å². The van der Waals surface area contributed by atoms with E-state index >= 15 is 0 Å². The van der Waals surface area contributed by atoms with Crippen LogP contribution in [-0.4, -0.2) is 4.98 Å². The number of hydrogen-bond acceptors (Lipinski definition) is 3. The van der Waals surface area contributed by atoms with Crippen molar-refractivity contribution >= 4 is 12.7 Å². The predicted octanol–water partition coefficient (Wildman–Crippen LogP) is -0.515. The summed E-state index contributed by atoms with van der Waals surface area (Å²) >= 11 is 0. The maximum absolute atomic E-state index is 11.2. The lowest BCUT2D eigenvalue weighted by molar-refractivity contribution is 0.445. The van der Waals surface area contributed by atoms with Gasteiger partial charge in [0.1, 0.15) is 5.42 Å². The van der Waals surface area contributed by atoms with E-state index in [9.17, 15) is 9.59 Å². The quantitative estimate of drug-likeness (QED) is 0.687. The van der Waals surface area contributed by atoms with Crippen LogP contribution in [0.5, 0.6) is 0 Å². The highest BCUT2D eigenvalue weighted by Gasteiger charge is 1.92. The third-order valence-electron chi connectivity index (χ3n) is 1.61. The average Bonchev–Trinajstić information content (AvgIpc) is 2.09. The molecule has 74 valence electrons. The van der Waals surface area contributed by atoms with Crippen molar-refractivity contribution in [2.24, 2.45) is 0 Å². The Hall–Kier alpha value is -1.84. The van der Waals surface area contributed by atoms with Gasteiger partial charge in [0.05, 0.1) is 5.22 Å². The van der Waals surface area contributed by atoms with E-state index in [1.54, 1.807) is 12.2 Å². The minimum atomic E-state index is -0.781. The summed E-state index contributed by atoms with van der Waals surface area (Å²) in [4.78, 5) is 24.0. The molecule has 0 radical (unpaired) electrons. The molecular weight excluding hydrogens is 182 g/mol. The van der Waals surface area contributed by atoms with Crippen molar-refractivity contribution in [1.82, 2.24) is 4.98 Å². The highest BCUT2D eigenvalue weighted by Crippen LogP contribution is 1.77. The number of H-pyrrole nitrogens is 1. The van der Waals surface area contributed by atoms with Gasteiger partial charge in [-0.2, -0.15) is 0 Å². The van der Waals surface area contributed by atoms with Gasteiger partial charge in [0.25, 0.3) is 5.56 Å². The summed E-state index contributed by atoms with van der Waals surface area (Å²) in [5.41, 5.74) is -0.397. The van der Waals surface area contributed by atoms with Crippen molar-refractivity contribution in [3.63, 3.8) is 0 Å². The number of allylic oxidation sites excluding steroid dienone is 2. The first-order chi connectivity index (χ1) is 6.65. The fourth-order valence-corrected chi connectivity index (χ4v) is 0.948. The molecule has 0 aliphatic rings. The summed E-state index contributed by atoms with van der Waals surface area (Å²) in [6.45, 7) is 5.45. The predicted molar refractivity (Wildman–Crippen MR) is 54.3 cm³/mol. The number of aromatic amines is 1. The molecule has 4 nitrogen and oxygen atoms in total. The van der Waals surface area contributed by atoms with E-state index in [2.05, 4.69) is 11.0 Å². The molecule has 1 heterocycles. The van der Waals surface area contributed by atoms with Crippen LogP contribution in [0.4, 0.5) is 0 Å². The molecule has 0 aliphatic heterocycles. The monoisotopic (exact) mass is 193 g/mol. The van der Waals surface area contributed by atoms with Gasteiger partial charge < -0.3 is 4.42 Å². The summed E-state index contributed by atoms with van der Waals surface area (Å²) in [7, 11) is 0. The van der Waals surface area contributed by atoms with Crippen LogP contribution in [0.3, 0.4) is 0 Å². The van der Waals surface area contributed by atoms with Crippen LogP contribution in [0.25, 0.3) is 12.7 Å². The molecule has 0 bridgehead atoms. The highest BCUT2D eigenvalue weighted by atomic mass is 16.4. The van der Waals surface area contributed by atoms with Gasteiger partial charge in [-0.3, -0.25) is 9.78 Å². The van der Waals surface area contributed by atoms with Crippen molar-refractivity contribution in [3.8, 4) is 0 Å². The molecule has 1 rings (SSSR count). The molecule has 0 spiro atoms. The van der Waals surface area contributed by atoms with E-state index in [0.29, 0.717) is 0 Å². The van der Waals surface area contributed by atoms with Gasteiger partial charge in [-0.1, -0.05) is 25.7 Å². The molecule has 0 amide bonds. The SMILES string of the molecule is C=c1oc(=O)[nH]c(=O)/c1=C/C=C\CC. The van der Waals surface area contributed by atoms with Crippen molar-refractivity contribution in [1.29, 1.82) is 0 Å². The molecule has 14 heavy (non-hydrogen) atoms. The second-order valence-corrected chi connectivity index (χ2v) is 2.68. The Bertz CT molecular complexity index is 511. The van der Waals surface area contributed by atoms with Gasteiger partial charge in [-0.15, -0.1) is 0 Å². The Balaban J connectivity index is 3.44. The summed E-state index contributed by atoms with van der Waals surface area (Å²) in [5.74, 6) is -0.781. The molecular formula is C10H11NO3. The standard InChI is InChI=1S/C10H11NO3/c1-3-4-5-6-8-7(2)14-10(13)11-9(8)12/h4-6H,2-3H2,1H3,(H,11,12,13)/b5-4-,8-6+. The lowest BCUT2D eigenvalue weighted by Crippen LogP contribution is -2.44. The third kappa shape index (κ3) is 2.32. The zero-order chi connectivity index (χ0) is 10.6. The van der Waals surface area contributed by atoms with Crippen LogP contribution in [0.1, 0.15) is 13.3 Å². The van der Waals surface area contributed by atoms with Crippen molar-refractivity contribution in [3.05, 3.63) is 43.7 Å². The van der Waals surface area contributed by atoms with Gasteiger partial charge in [0.15, 0.2) is 0 Å². The lowest BCUT2D eigenvalue weighted by Gasteiger charge is -1.84. The number of aromatic nitrogens is 1. The summed E-state index contributed by atoms with van der Waals surface area (Å²) in [5, 5.41) is 0.273. The van der Waals surface area contributed by atoms with Gasteiger partial charge >= 0.3 is 5.76 Å². The second kappa shape index (κ2) is 4.41. The minimum absolute atomic E-state index is 0.0829. The smallest absolute Gasteiger partial charge is 0.410 e. The summed E-state index contributed by atoms with van der Waals surface area (Å²) < 4.78 is 4.63. The Kier molecular flexibility index (Phi) is 3.23.